The SMILES string of the molecule is CCN(c1ccc(NC(=O)OC(C)(C)C)cc1)C1CCS(=O)(=O)C1. The van der Waals surface area contributed by atoms with Gasteiger partial charge in [0.1, 0.15) is 5.60 Å². The van der Waals surface area contributed by atoms with Crippen molar-refractivity contribution in [2.75, 3.05) is 28.3 Å². The number of benzene rings is 1. The predicted molar refractivity (Wildman–Crippen MR) is 96.4 cm³/mol. The van der Waals surface area contributed by atoms with E-state index in [1.807, 2.05) is 39.8 Å². The maximum Gasteiger partial charge on any atom is 0.412 e. The monoisotopic (exact) mass is 354 g/mol. The van der Waals surface area contributed by atoms with Crippen molar-refractivity contribution in [2.45, 2.75) is 45.8 Å². The molecule has 7 heteroatoms. The molecule has 0 spiro atoms. The molecule has 1 amide bonds. The van der Waals surface area contributed by atoms with Gasteiger partial charge in [0.05, 0.1) is 11.5 Å². The van der Waals surface area contributed by atoms with E-state index in [9.17, 15) is 13.2 Å². The maximum atomic E-state index is 11.8. The van der Waals surface area contributed by atoms with Crippen LogP contribution in [0, 0.1) is 0 Å². The van der Waals surface area contributed by atoms with Crippen LogP contribution in [0.15, 0.2) is 24.3 Å². The van der Waals surface area contributed by atoms with E-state index in [0.29, 0.717) is 12.1 Å². The summed E-state index contributed by atoms with van der Waals surface area (Å²) in [7, 11) is -2.92. The van der Waals surface area contributed by atoms with Crippen molar-refractivity contribution in [1.82, 2.24) is 0 Å². The number of hydrogen-bond acceptors (Lipinski definition) is 5. The summed E-state index contributed by atoms with van der Waals surface area (Å²) in [4.78, 5) is 13.9. The highest BCUT2D eigenvalue weighted by Crippen LogP contribution is 2.25. The number of amides is 1. The van der Waals surface area contributed by atoms with Gasteiger partial charge in [-0.2, -0.15) is 0 Å². The second kappa shape index (κ2) is 7.01. The lowest BCUT2D eigenvalue weighted by atomic mass is 10.2. The molecule has 6 nitrogen and oxygen atoms in total. The fraction of sp³-hybridized carbons (Fsp3) is 0.588. The third kappa shape index (κ3) is 5.12. The van der Waals surface area contributed by atoms with E-state index >= 15 is 0 Å². The van der Waals surface area contributed by atoms with Crippen LogP contribution in [0.1, 0.15) is 34.1 Å². The Balaban J connectivity index is 2.04. The first-order chi connectivity index (χ1) is 11.1. The highest BCUT2D eigenvalue weighted by Gasteiger charge is 2.31. The summed E-state index contributed by atoms with van der Waals surface area (Å²) >= 11 is 0. The van der Waals surface area contributed by atoms with Crippen molar-refractivity contribution in [3.05, 3.63) is 24.3 Å². The van der Waals surface area contributed by atoms with Gasteiger partial charge in [-0.05, 0) is 58.4 Å². The molecule has 2 rings (SSSR count). The molecule has 0 radical (unpaired) electrons. The number of sulfone groups is 1. The van der Waals surface area contributed by atoms with Crippen LogP contribution in [0.3, 0.4) is 0 Å². The zero-order valence-corrected chi connectivity index (χ0v) is 15.5. The van der Waals surface area contributed by atoms with E-state index in [4.69, 9.17) is 4.74 Å². The Morgan fingerprint density at radius 1 is 1.29 bits per heavy atom. The van der Waals surface area contributed by atoms with Gasteiger partial charge < -0.3 is 9.64 Å². The molecule has 0 bridgehead atoms. The second-order valence-corrected chi connectivity index (χ2v) is 9.25. The Morgan fingerprint density at radius 3 is 2.38 bits per heavy atom. The van der Waals surface area contributed by atoms with Crippen molar-refractivity contribution in [3.63, 3.8) is 0 Å². The van der Waals surface area contributed by atoms with Crippen LogP contribution in [0.4, 0.5) is 16.2 Å². The third-order valence-electron chi connectivity index (χ3n) is 3.83. The van der Waals surface area contributed by atoms with Crippen molar-refractivity contribution < 1.29 is 17.9 Å². The van der Waals surface area contributed by atoms with Gasteiger partial charge in [-0.1, -0.05) is 0 Å². The molecule has 0 aromatic heterocycles. The molecule has 1 aliphatic heterocycles. The summed E-state index contributed by atoms with van der Waals surface area (Å²) in [6, 6.07) is 7.39. The molecule has 1 heterocycles. The van der Waals surface area contributed by atoms with E-state index in [1.165, 1.54) is 0 Å². The first kappa shape index (κ1) is 18.6. The van der Waals surface area contributed by atoms with Crippen LogP contribution in [0.2, 0.25) is 0 Å². The summed E-state index contributed by atoms with van der Waals surface area (Å²) in [6.07, 6.45) is 0.165. The fourth-order valence-corrected chi connectivity index (χ4v) is 4.56. The molecular formula is C17H26N2O4S. The lowest BCUT2D eigenvalue weighted by Crippen LogP contribution is -2.36. The molecule has 1 aromatic carbocycles. The molecule has 1 atom stereocenters. The van der Waals surface area contributed by atoms with E-state index in [2.05, 4.69) is 10.2 Å². The average Bonchev–Trinajstić information content (AvgIpc) is 2.79. The van der Waals surface area contributed by atoms with Crippen LogP contribution >= 0.6 is 0 Å². The summed E-state index contributed by atoms with van der Waals surface area (Å²) in [5, 5.41) is 2.69. The van der Waals surface area contributed by atoms with Crippen LogP contribution in [0.5, 0.6) is 0 Å². The summed E-state index contributed by atoms with van der Waals surface area (Å²) in [6.45, 7) is 8.18. The lowest BCUT2D eigenvalue weighted by Gasteiger charge is -2.29. The molecule has 24 heavy (non-hydrogen) atoms. The number of rotatable bonds is 4. The topological polar surface area (TPSA) is 75.7 Å². The lowest BCUT2D eigenvalue weighted by molar-refractivity contribution is 0.0636. The number of anilines is 2. The van der Waals surface area contributed by atoms with E-state index in [1.54, 1.807) is 12.1 Å². The standard InChI is InChI=1S/C17H26N2O4S/c1-5-19(15-10-11-24(21,22)12-15)14-8-6-13(7-9-14)18-16(20)23-17(2,3)4/h6-9,15H,5,10-12H2,1-4H3,(H,18,20). The minimum Gasteiger partial charge on any atom is -0.444 e. The van der Waals surface area contributed by atoms with Gasteiger partial charge >= 0.3 is 6.09 Å². The minimum atomic E-state index is -2.92. The molecular weight excluding hydrogens is 328 g/mol. The summed E-state index contributed by atoms with van der Waals surface area (Å²) in [5.41, 5.74) is 1.05. The number of hydrogen-bond donors (Lipinski definition) is 1. The minimum absolute atomic E-state index is 0.0182. The van der Waals surface area contributed by atoms with Crippen molar-refractivity contribution in [1.29, 1.82) is 0 Å². The third-order valence-corrected chi connectivity index (χ3v) is 5.58. The van der Waals surface area contributed by atoms with E-state index < -0.39 is 21.5 Å². The maximum absolute atomic E-state index is 11.8. The van der Waals surface area contributed by atoms with Gasteiger partial charge in [0.2, 0.25) is 0 Å². The molecule has 1 aliphatic rings. The van der Waals surface area contributed by atoms with Gasteiger partial charge in [0.25, 0.3) is 0 Å². The van der Waals surface area contributed by atoms with Gasteiger partial charge in [-0.15, -0.1) is 0 Å². The molecule has 0 saturated carbocycles. The molecule has 1 fully saturated rings. The highest BCUT2D eigenvalue weighted by molar-refractivity contribution is 7.91. The molecule has 1 aromatic rings. The van der Waals surface area contributed by atoms with Crippen molar-refractivity contribution in [3.8, 4) is 0 Å². The fourth-order valence-electron chi connectivity index (χ4n) is 2.83. The Hall–Kier alpha value is -1.76. The Morgan fingerprint density at radius 2 is 1.92 bits per heavy atom. The molecule has 1 N–H and O–H groups in total. The average molecular weight is 354 g/mol. The van der Waals surface area contributed by atoms with Gasteiger partial charge in [0, 0.05) is 24.0 Å². The number of carbonyl (C=O) groups excluding carboxylic acids is 1. The zero-order chi connectivity index (χ0) is 18.0. The second-order valence-electron chi connectivity index (χ2n) is 7.02. The van der Waals surface area contributed by atoms with Gasteiger partial charge in [0.15, 0.2) is 9.84 Å². The Bertz CT molecular complexity index is 678. The normalized spacial score (nSPS) is 19.8. The summed E-state index contributed by atoms with van der Waals surface area (Å²) in [5.74, 6) is 0.463. The van der Waals surface area contributed by atoms with E-state index in [-0.39, 0.29) is 17.5 Å². The molecule has 1 unspecified atom stereocenters. The van der Waals surface area contributed by atoms with Crippen LogP contribution in [0.25, 0.3) is 0 Å². The zero-order valence-electron chi connectivity index (χ0n) is 14.7. The highest BCUT2D eigenvalue weighted by atomic mass is 32.2. The summed E-state index contributed by atoms with van der Waals surface area (Å²) < 4.78 is 28.6. The quantitative estimate of drug-likeness (QED) is 0.899. The van der Waals surface area contributed by atoms with Crippen LogP contribution < -0.4 is 10.2 Å². The number of nitrogens with one attached hydrogen (secondary N) is 1. The van der Waals surface area contributed by atoms with Crippen molar-refractivity contribution in [2.24, 2.45) is 0 Å². The smallest absolute Gasteiger partial charge is 0.412 e. The predicted octanol–water partition coefficient (Wildman–Crippen LogP) is 3.05. The first-order valence-corrected chi connectivity index (χ1v) is 9.99. The Kier molecular flexibility index (Phi) is 5.42. The molecule has 1 saturated heterocycles. The molecule has 134 valence electrons. The largest absolute Gasteiger partial charge is 0.444 e. The number of carbonyl (C=O) groups is 1. The number of ether oxygens (including phenoxy) is 1. The molecule has 0 aliphatic carbocycles. The van der Waals surface area contributed by atoms with Crippen LogP contribution in [-0.2, 0) is 14.6 Å². The van der Waals surface area contributed by atoms with Gasteiger partial charge in [-0.25, -0.2) is 13.2 Å². The van der Waals surface area contributed by atoms with E-state index in [0.717, 1.165) is 12.2 Å². The van der Waals surface area contributed by atoms with Crippen molar-refractivity contribution >= 4 is 27.3 Å². The van der Waals surface area contributed by atoms with Crippen LogP contribution in [-0.4, -0.2) is 44.2 Å². The van der Waals surface area contributed by atoms with Gasteiger partial charge in [-0.3, -0.25) is 5.32 Å². The Labute approximate surface area is 144 Å². The number of nitrogens with zero attached hydrogens (tertiary/aromatic N) is 1. The first-order valence-electron chi connectivity index (χ1n) is 8.17.